The number of allylic oxidation sites excluding steroid dienone is 1. The van der Waals surface area contributed by atoms with E-state index < -0.39 is 35.4 Å². The molecule has 3 aliphatic rings. The highest BCUT2D eigenvalue weighted by Gasteiger charge is 2.61. The van der Waals surface area contributed by atoms with E-state index in [1.807, 2.05) is 41.8 Å². The van der Waals surface area contributed by atoms with E-state index in [-0.39, 0.29) is 24.2 Å². The predicted molar refractivity (Wildman–Crippen MR) is 171 cm³/mol. The summed E-state index contributed by atoms with van der Waals surface area (Å²) in [6.45, 7) is 4.79. The second-order valence-electron chi connectivity index (χ2n) is 12.8. The number of thiazole rings is 1. The molecule has 3 heterocycles. The molecule has 5 atom stereocenters. The number of ether oxygens (including phenoxy) is 2. The number of carbonyl (C=O) groups is 3. The third-order valence-electron chi connectivity index (χ3n) is 9.39. The summed E-state index contributed by atoms with van der Waals surface area (Å²) in [4.78, 5) is 51.2. The molecule has 6 rings (SSSR count). The van der Waals surface area contributed by atoms with E-state index in [0.29, 0.717) is 36.7 Å². The number of hydrogen-bond acceptors (Lipinski definition) is 8. The summed E-state index contributed by atoms with van der Waals surface area (Å²) in [7, 11) is 3.39. The number of fused-ring (bicyclic) bond motifs is 3. The molecule has 2 saturated carbocycles. The summed E-state index contributed by atoms with van der Waals surface area (Å²) in [5.41, 5.74) is 0.330. The van der Waals surface area contributed by atoms with Gasteiger partial charge in [0.2, 0.25) is 17.7 Å². The number of nitrogens with zero attached hydrogens (tertiary/aromatic N) is 3. The van der Waals surface area contributed by atoms with Gasteiger partial charge in [0.1, 0.15) is 28.1 Å². The maximum absolute atomic E-state index is 13.8. The molecular weight excluding hydrogens is 592 g/mol. The van der Waals surface area contributed by atoms with Gasteiger partial charge in [-0.05, 0) is 74.1 Å². The standard InChI is InChI=1S/C34H40N4O6S/c1-19(2)28-18-45-31(36-28)27-14-20-13-22(43-4)10-11-24(20)30(35-27)44-23-15-25-26(16-23)32(40)38(3)12-8-6-5-7-9-21-17-34(21,33(41)42)37-29(25)39/h7,9-11,13-14,18-19,21,23,25-26H,5-6,8,12,15-17H2,1-4H3,(H,37,39)(H,41,42)/b9-7-. The minimum absolute atomic E-state index is 0.120. The molecule has 2 aromatic heterocycles. The van der Waals surface area contributed by atoms with Gasteiger partial charge in [0.15, 0.2) is 0 Å². The van der Waals surface area contributed by atoms with Crippen molar-refractivity contribution in [2.75, 3.05) is 20.7 Å². The molecule has 1 aliphatic heterocycles. The van der Waals surface area contributed by atoms with Crippen LogP contribution in [0.2, 0.25) is 0 Å². The third-order valence-corrected chi connectivity index (χ3v) is 10.3. The Hall–Kier alpha value is -3.99. The van der Waals surface area contributed by atoms with Gasteiger partial charge in [-0.25, -0.2) is 14.8 Å². The third kappa shape index (κ3) is 6.14. The number of carboxylic acid groups (broad SMARTS) is 1. The first-order valence-electron chi connectivity index (χ1n) is 15.7. The van der Waals surface area contributed by atoms with Crippen LogP contribution in [0.4, 0.5) is 0 Å². The van der Waals surface area contributed by atoms with Crippen molar-refractivity contribution in [3.05, 3.63) is 47.5 Å². The van der Waals surface area contributed by atoms with Gasteiger partial charge in [0, 0.05) is 30.3 Å². The van der Waals surface area contributed by atoms with Crippen LogP contribution in [0, 0.1) is 17.8 Å². The first-order chi connectivity index (χ1) is 21.6. The van der Waals surface area contributed by atoms with Crippen LogP contribution in [-0.2, 0) is 14.4 Å². The van der Waals surface area contributed by atoms with Gasteiger partial charge in [-0.3, -0.25) is 9.59 Å². The zero-order valence-corrected chi connectivity index (χ0v) is 26.9. The first-order valence-corrected chi connectivity index (χ1v) is 16.6. The van der Waals surface area contributed by atoms with Crippen molar-refractivity contribution in [2.45, 2.75) is 69.9 Å². The van der Waals surface area contributed by atoms with Crippen LogP contribution in [-0.4, -0.2) is 70.1 Å². The maximum atomic E-state index is 13.8. The number of methoxy groups -OCH3 is 1. The summed E-state index contributed by atoms with van der Waals surface area (Å²) < 4.78 is 12.1. The molecule has 1 aromatic carbocycles. The van der Waals surface area contributed by atoms with E-state index in [9.17, 15) is 19.5 Å². The number of carbonyl (C=O) groups excluding carboxylic acids is 2. The van der Waals surface area contributed by atoms with Crippen molar-refractivity contribution in [1.29, 1.82) is 0 Å². The van der Waals surface area contributed by atoms with Crippen LogP contribution in [0.3, 0.4) is 0 Å². The number of pyridine rings is 1. The molecule has 5 unspecified atom stereocenters. The Labute approximate surface area is 266 Å². The van der Waals surface area contributed by atoms with Crippen molar-refractivity contribution in [2.24, 2.45) is 17.8 Å². The molecule has 0 bridgehead atoms. The molecule has 11 heteroatoms. The summed E-state index contributed by atoms with van der Waals surface area (Å²) in [6, 6.07) is 7.64. The van der Waals surface area contributed by atoms with Crippen molar-refractivity contribution in [3.63, 3.8) is 0 Å². The molecule has 238 valence electrons. The number of hydrogen-bond donors (Lipinski definition) is 2. The molecular formula is C34H40N4O6S. The summed E-state index contributed by atoms with van der Waals surface area (Å²) in [6.07, 6.45) is 6.88. The lowest BCUT2D eigenvalue weighted by molar-refractivity contribution is -0.145. The molecule has 2 aliphatic carbocycles. The van der Waals surface area contributed by atoms with Gasteiger partial charge in [-0.15, -0.1) is 11.3 Å². The zero-order chi connectivity index (χ0) is 31.9. The average Bonchev–Trinajstić information content (AvgIpc) is 3.33. The molecule has 10 nitrogen and oxygen atoms in total. The van der Waals surface area contributed by atoms with Crippen LogP contribution < -0.4 is 14.8 Å². The van der Waals surface area contributed by atoms with Crippen LogP contribution in [0.1, 0.15) is 64.0 Å². The van der Waals surface area contributed by atoms with E-state index in [2.05, 4.69) is 19.2 Å². The smallest absolute Gasteiger partial charge is 0.330 e. The number of aromatic nitrogens is 2. The van der Waals surface area contributed by atoms with Crippen LogP contribution >= 0.6 is 11.3 Å². The molecule has 0 spiro atoms. The second-order valence-corrected chi connectivity index (χ2v) is 13.7. The molecule has 0 saturated heterocycles. The van der Waals surface area contributed by atoms with Crippen molar-refractivity contribution >= 4 is 39.9 Å². The number of benzene rings is 1. The molecule has 2 fully saturated rings. The van der Waals surface area contributed by atoms with Gasteiger partial charge in [0.05, 0.1) is 24.6 Å². The highest BCUT2D eigenvalue weighted by Crippen LogP contribution is 2.46. The van der Waals surface area contributed by atoms with Crippen molar-refractivity contribution < 1.29 is 29.0 Å². The Bertz CT molecular complexity index is 1650. The Morgan fingerprint density at radius 3 is 2.69 bits per heavy atom. The molecule has 2 N–H and O–H groups in total. The van der Waals surface area contributed by atoms with Crippen LogP contribution in [0.5, 0.6) is 11.6 Å². The summed E-state index contributed by atoms with van der Waals surface area (Å²) in [5.74, 6) is -1.82. The second kappa shape index (κ2) is 12.4. The Kier molecular flexibility index (Phi) is 8.56. The number of amides is 2. The summed E-state index contributed by atoms with van der Waals surface area (Å²) >= 11 is 1.52. The number of nitrogens with one attached hydrogen (secondary N) is 1. The zero-order valence-electron chi connectivity index (χ0n) is 26.1. The quantitative estimate of drug-likeness (QED) is 0.345. The Morgan fingerprint density at radius 2 is 1.96 bits per heavy atom. The first kappa shape index (κ1) is 31.0. The van der Waals surface area contributed by atoms with Gasteiger partial charge < -0.3 is 24.8 Å². The molecule has 2 amide bonds. The molecule has 3 aromatic rings. The highest BCUT2D eigenvalue weighted by atomic mass is 32.1. The number of carboxylic acids is 1. The van der Waals surface area contributed by atoms with E-state index in [1.165, 1.54) is 11.3 Å². The lowest BCUT2D eigenvalue weighted by atomic mass is 9.93. The molecule has 45 heavy (non-hydrogen) atoms. The topological polar surface area (TPSA) is 131 Å². The van der Waals surface area contributed by atoms with E-state index in [0.717, 1.165) is 40.7 Å². The Morgan fingerprint density at radius 1 is 1.16 bits per heavy atom. The van der Waals surface area contributed by atoms with Crippen LogP contribution in [0.15, 0.2) is 41.8 Å². The number of aliphatic carboxylic acids is 1. The monoisotopic (exact) mass is 632 g/mol. The van der Waals surface area contributed by atoms with Crippen molar-refractivity contribution in [1.82, 2.24) is 20.2 Å². The van der Waals surface area contributed by atoms with E-state index in [1.54, 1.807) is 19.1 Å². The van der Waals surface area contributed by atoms with Crippen LogP contribution in [0.25, 0.3) is 21.5 Å². The highest BCUT2D eigenvalue weighted by molar-refractivity contribution is 7.13. The minimum Gasteiger partial charge on any atom is -0.497 e. The fourth-order valence-electron chi connectivity index (χ4n) is 6.55. The minimum atomic E-state index is -1.33. The predicted octanol–water partition coefficient (Wildman–Crippen LogP) is 5.42. The maximum Gasteiger partial charge on any atom is 0.330 e. The van der Waals surface area contributed by atoms with Crippen molar-refractivity contribution in [3.8, 4) is 22.3 Å². The van der Waals surface area contributed by atoms with Gasteiger partial charge in [-0.2, -0.15) is 0 Å². The van der Waals surface area contributed by atoms with Gasteiger partial charge in [0.25, 0.3) is 0 Å². The normalized spacial score (nSPS) is 27.8. The average molecular weight is 633 g/mol. The fourth-order valence-corrected chi connectivity index (χ4v) is 7.49. The SMILES string of the molecule is COc1ccc2c(OC3CC4C(=O)NC5(C(=O)O)CC5/C=C\CCCCN(C)C(=O)C4C3)nc(-c3nc(C(C)C)cs3)cc2c1. The molecule has 0 radical (unpaired) electrons. The largest absolute Gasteiger partial charge is 0.497 e. The fraction of sp³-hybridized carbons (Fsp3) is 0.500. The Balaban J connectivity index is 1.33. The summed E-state index contributed by atoms with van der Waals surface area (Å²) in [5, 5.41) is 17.4. The van der Waals surface area contributed by atoms with Gasteiger partial charge in [-0.1, -0.05) is 26.0 Å². The van der Waals surface area contributed by atoms with Gasteiger partial charge >= 0.3 is 5.97 Å². The number of rotatable bonds is 6. The van der Waals surface area contributed by atoms with E-state index >= 15 is 0 Å². The van der Waals surface area contributed by atoms with E-state index in [4.69, 9.17) is 19.4 Å². The lowest BCUT2D eigenvalue weighted by Gasteiger charge is -2.26. The lowest BCUT2D eigenvalue weighted by Crippen LogP contribution is -2.49.